The van der Waals surface area contributed by atoms with Gasteiger partial charge < -0.3 is 15.7 Å². The van der Waals surface area contributed by atoms with Crippen LogP contribution in [0.3, 0.4) is 0 Å². The number of carbonyl (C=O) groups is 1. The second-order valence-corrected chi connectivity index (χ2v) is 2.82. The molecule has 1 saturated heterocycles. The maximum absolute atomic E-state index is 11.1. The van der Waals surface area contributed by atoms with Gasteiger partial charge in [-0.15, -0.1) is 12.4 Å². The number of hydrogen-bond donors (Lipinski definition) is 2. The Hall–Kier alpha value is -0.320. The van der Waals surface area contributed by atoms with Gasteiger partial charge in [-0.2, -0.15) is 0 Å². The lowest BCUT2D eigenvalue weighted by molar-refractivity contribution is -0.130. The van der Waals surface area contributed by atoms with Crippen molar-refractivity contribution in [2.45, 2.75) is 18.9 Å². The van der Waals surface area contributed by atoms with Crippen LogP contribution in [-0.4, -0.2) is 41.7 Å². The van der Waals surface area contributed by atoms with E-state index in [0.717, 1.165) is 0 Å². The van der Waals surface area contributed by atoms with Crippen molar-refractivity contribution in [2.24, 2.45) is 5.73 Å². The molecule has 0 radical (unpaired) electrons. The summed E-state index contributed by atoms with van der Waals surface area (Å²) in [5.41, 5.74) is 5.22. The maximum atomic E-state index is 11.1. The predicted molar refractivity (Wildman–Crippen MR) is 48.1 cm³/mol. The Morgan fingerprint density at radius 3 is 2.75 bits per heavy atom. The SMILES string of the molecule is Cl.NCCC(=O)N1CCC(O)C1. The standard InChI is InChI=1S/C7H14N2O2.ClH/c8-3-1-7(11)9-4-2-6(10)5-9;/h6,10H,1-5,8H2;1H. The number of nitrogens with two attached hydrogens (primary N) is 1. The van der Waals surface area contributed by atoms with Gasteiger partial charge in [0.05, 0.1) is 6.10 Å². The number of amides is 1. The van der Waals surface area contributed by atoms with Crippen LogP contribution in [0.5, 0.6) is 0 Å². The normalized spacial score (nSPS) is 22.2. The Balaban J connectivity index is 0.00000121. The van der Waals surface area contributed by atoms with Crippen LogP contribution >= 0.6 is 12.4 Å². The van der Waals surface area contributed by atoms with Crippen LogP contribution < -0.4 is 5.73 Å². The lowest BCUT2D eigenvalue weighted by Gasteiger charge is -2.14. The lowest BCUT2D eigenvalue weighted by atomic mass is 10.3. The molecule has 72 valence electrons. The van der Waals surface area contributed by atoms with Crippen LogP contribution in [0.2, 0.25) is 0 Å². The van der Waals surface area contributed by atoms with Crippen LogP contribution in [0.4, 0.5) is 0 Å². The van der Waals surface area contributed by atoms with Crippen LogP contribution in [0.25, 0.3) is 0 Å². The van der Waals surface area contributed by atoms with Gasteiger partial charge in [0.15, 0.2) is 0 Å². The zero-order chi connectivity index (χ0) is 8.27. The molecule has 1 unspecified atom stereocenters. The summed E-state index contributed by atoms with van der Waals surface area (Å²) in [6, 6.07) is 0. The molecule has 0 saturated carbocycles. The topological polar surface area (TPSA) is 66.6 Å². The largest absolute Gasteiger partial charge is 0.391 e. The molecule has 0 aliphatic carbocycles. The molecule has 5 heteroatoms. The Labute approximate surface area is 78.1 Å². The van der Waals surface area contributed by atoms with Gasteiger partial charge in [-0.1, -0.05) is 0 Å². The molecule has 0 bridgehead atoms. The van der Waals surface area contributed by atoms with Crippen molar-refractivity contribution in [3.05, 3.63) is 0 Å². The first-order valence-electron chi connectivity index (χ1n) is 3.90. The minimum Gasteiger partial charge on any atom is -0.391 e. The first-order chi connectivity index (χ1) is 5.24. The van der Waals surface area contributed by atoms with Gasteiger partial charge in [0, 0.05) is 26.1 Å². The molecule has 4 nitrogen and oxygen atoms in total. The third kappa shape index (κ3) is 2.97. The van der Waals surface area contributed by atoms with Crippen molar-refractivity contribution in [1.29, 1.82) is 0 Å². The fourth-order valence-electron chi connectivity index (χ4n) is 1.25. The second kappa shape index (κ2) is 5.35. The Kier molecular flexibility index (Phi) is 5.20. The number of carbonyl (C=O) groups excluding carboxylic acids is 1. The highest BCUT2D eigenvalue weighted by Crippen LogP contribution is 2.09. The van der Waals surface area contributed by atoms with Gasteiger partial charge in [0.2, 0.25) is 5.91 Å². The Bertz CT molecular complexity index is 154. The highest BCUT2D eigenvalue weighted by molar-refractivity contribution is 5.85. The monoisotopic (exact) mass is 194 g/mol. The van der Waals surface area contributed by atoms with Crippen LogP contribution in [0.15, 0.2) is 0 Å². The van der Waals surface area contributed by atoms with Gasteiger partial charge in [-0.3, -0.25) is 4.79 Å². The van der Waals surface area contributed by atoms with E-state index in [4.69, 9.17) is 10.8 Å². The fraction of sp³-hybridized carbons (Fsp3) is 0.857. The van der Waals surface area contributed by atoms with E-state index in [1.54, 1.807) is 4.90 Å². The summed E-state index contributed by atoms with van der Waals surface area (Å²) in [7, 11) is 0. The summed E-state index contributed by atoms with van der Waals surface area (Å²) in [5.74, 6) is 0.0593. The second-order valence-electron chi connectivity index (χ2n) is 2.82. The van der Waals surface area contributed by atoms with E-state index in [2.05, 4.69) is 0 Å². The van der Waals surface area contributed by atoms with Crippen molar-refractivity contribution < 1.29 is 9.90 Å². The quantitative estimate of drug-likeness (QED) is 0.614. The summed E-state index contributed by atoms with van der Waals surface area (Å²) in [6.07, 6.45) is 0.778. The summed E-state index contributed by atoms with van der Waals surface area (Å²) in [5, 5.41) is 9.09. The van der Waals surface area contributed by atoms with Crippen molar-refractivity contribution in [1.82, 2.24) is 4.90 Å². The molecular weight excluding hydrogens is 180 g/mol. The molecule has 1 heterocycles. The molecule has 1 fully saturated rings. The van der Waals surface area contributed by atoms with Crippen LogP contribution in [0.1, 0.15) is 12.8 Å². The number of aliphatic hydroxyl groups is 1. The molecule has 3 N–H and O–H groups in total. The first-order valence-corrected chi connectivity index (χ1v) is 3.90. The zero-order valence-electron chi connectivity index (χ0n) is 6.90. The number of aliphatic hydroxyl groups excluding tert-OH is 1. The number of nitrogens with zero attached hydrogens (tertiary/aromatic N) is 1. The molecule has 1 amide bonds. The highest BCUT2D eigenvalue weighted by atomic mass is 35.5. The number of halogens is 1. The van der Waals surface area contributed by atoms with Crippen LogP contribution in [-0.2, 0) is 4.79 Å². The van der Waals surface area contributed by atoms with Gasteiger partial charge in [0.1, 0.15) is 0 Å². The minimum absolute atomic E-state index is 0. The van der Waals surface area contributed by atoms with Crippen molar-refractivity contribution >= 4 is 18.3 Å². The number of likely N-dealkylation sites (tertiary alicyclic amines) is 1. The smallest absolute Gasteiger partial charge is 0.223 e. The molecule has 1 atom stereocenters. The molecule has 1 aliphatic rings. The van der Waals surface area contributed by atoms with E-state index in [9.17, 15) is 4.79 Å². The van der Waals surface area contributed by atoms with Gasteiger partial charge >= 0.3 is 0 Å². The molecule has 0 aromatic heterocycles. The maximum Gasteiger partial charge on any atom is 0.223 e. The molecular formula is C7H15ClN2O2. The predicted octanol–water partition coefficient (Wildman–Crippen LogP) is -0.650. The average molecular weight is 195 g/mol. The third-order valence-corrected chi connectivity index (χ3v) is 1.87. The molecule has 0 aromatic rings. The number of rotatable bonds is 2. The third-order valence-electron chi connectivity index (χ3n) is 1.87. The van der Waals surface area contributed by atoms with E-state index < -0.39 is 0 Å². The Morgan fingerprint density at radius 1 is 1.67 bits per heavy atom. The van der Waals surface area contributed by atoms with Crippen molar-refractivity contribution in [3.8, 4) is 0 Å². The van der Waals surface area contributed by atoms with E-state index in [1.165, 1.54) is 0 Å². The zero-order valence-corrected chi connectivity index (χ0v) is 7.72. The molecule has 12 heavy (non-hydrogen) atoms. The van der Waals surface area contributed by atoms with E-state index in [-0.39, 0.29) is 24.4 Å². The summed E-state index contributed by atoms with van der Waals surface area (Å²) >= 11 is 0. The molecule has 0 spiro atoms. The van der Waals surface area contributed by atoms with Crippen molar-refractivity contribution in [3.63, 3.8) is 0 Å². The van der Waals surface area contributed by atoms with Gasteiger partial charge in [-0.25, -0.2) is 0 Å². The van der Waals surface area contributed by atoms with Crippen molar-refractivity contribution in [2.75, 3.05) is 19.6 Å². The fourth-order valence-corrected chi connectivity index (χ4v) is 1.25. The molecule has 1 aliphatic heterocycles. The summed E-state index contributed by atoms with van der Waals surface area (Å²) < 4.78 is 0. The van der Waals surface area contributed by atoms with Gasteiger partial charge in [0.25, 0.3) is 0 Å². The molecule has 1 rings (SSSR count). The van der Waals surface area contributed by atoms with Crippen LogP contribution in [0, 0.1) is 0 Å². The number of hydrogen-bond acceptors (Lipinski definition) is 3. The Morgan fingerprint density at radius 2 is 2.33 bits per heavy atom. The van der Waals surface area contributed by atoms with E-state index >= 15 is 0 Å². The van der Waals surface area contributed by atoms with E-state index in [0.29, 0.717) is 32.5 Å². The minimum atomic E-state index is -0.322. The first kappa shape index (κ1) is 11.7. The average Bonchev–Trinajstić information content (AvgIpc) is 2.36. The van der Waals surface area contributed by atoms with E-state index in [1.807, 2.05) is 0 Å². The van der Waals surface area contributed by atoms with Gasteiger partial charge in [-0.05, 0) is 6.42 Å². The molecule has 0 aromatic carbocycles. The summed E-state index contributed by atoms with van der Waals surface area (Å²) in [6.45, 7) is 1.56. The number of β-amino-alcohol motifs (C(OH)–C–C–N with tert-alkyl or cyclic N) is 1. The lowest BCUT2D eigenvalue weighted by Crippen LogP contribution is -2.30. The summed E-state index contributed by atoms with van der Waals surface area (Å²) in [4.78, 5) is 12.8. The highest BCUT2D eigenvalue weighted by Gasteiger charge is 2.23.